The van der Waals surface area contributed by atoms with Crippen molar-refractivity contribution in [3.63, 3.8) is 0 Å². The molecule has 1 aromatic rings. The van der Waals surface area contributed by atoms with Gasteiger partial charge in [0.15, 0.2) is 0 Å². The third-order valence-electron chi connectivity index (χ3n) is 2.76. The highest BCUT2D eigenvalue weighted by molar-refractivity contribution is 5.32. The van der Waals surface area contributed by atoms with Crippen molar-refractivity contribution in [3.05, 3.63) is 17.0 Å². The minimum Gasteiger partial charge on any atom is -0.368 e. The molecule has 2 rings (SSSR count). The first-order valence-corrected chi connectivity index (χ1v) is 5.02. The van der Waals surface area contributed by atoms with E-state index < -0.39 is 0 Å². The molecule has 4 heteroatoms. The fourth-order valence-corrected chi connectivity index (χ4v) is 1.85. The number of nitrogens with zero attached hydrogens (tertiary/aromatic N) is 2. The number of nitrogens with two attached hydrogens (primary N) is 1. The van der Waals surface area contributed by atoms with Gasteiger partial charge in [0.2, 0.25) is 5.95 Å². The van der Waals surface area contributed by atoms with Gasteiger partial charge in [-0.2, -0.15) is 0 Å². The van der Waals surface area contributed by atoms with Crippen LogP contribution in [0.5, 0.6) is 0 Å². The Bertz CT molecular complexity index is 348. The van der Waals surface area contributed by atoms with E-state index in [0.29, 0.717) is 12.0 Å². The number of aryl methyl sites for hydroxylation is 2. The number of nitrogens with one attached hydrogen (secondary N) is 1. The summed E-state index contributed by atoms with van der Waals surface area (Å²) in [5.41, 5.74) is 8.98. The van der Waals surface area contributed by atoms with Crippen LogP contribution in [0, 0.1) is 6.92 Å². The van der Waals surface area contributed by atoms with Crippen LogP contribution in [0.2, 0.25) is 0 Å². The van der Waals surface area contributed by atoms with Crippen LogP contribution in [0.3, 0.4) is 0 Å². The Labute approximate surface area is 83.9 Å². The molecule has 3 N–H and O–H groups in total. The molecule has 76 valence electrons. The predicted molar refractivity (Wildman–Crippen MR) is 55.8 cm³/mol. The maximum atomic E-state index is 5.63. The predicted octanol–water partition coefficient (Wildman–Crippen LogP) is 0.792. The summed E-state index contributed by atoms with van der Waals surface area (Å²) >= 11 is 0. The van der Waals surface area contributed by atoms with Crippen LogP contribution in [-0.4, -0.2) is 16.0 Å². The maximum Gasteiger partial charge on any atom is 0.220 e. The Morgan fingerprint density at radius 1 is 1.43 bits per heavy atom. The molecule has 0 saturated heterocycles. The zero-order valence-corrected chi connectivity index (χ0v) is 8.67. The molecule has 0 aromatic carbocycles. The van der Waals surface area contributed by atoms with E-state index in [0.717, 1.165) is 30.8 Å². The highest BCUT2D eigenvalue weighted by Crippen LogP contribution is 2.17. The Morgan fingerprint density at radius 2 is 2.21 bits per heavy atom. The van der Waals surface area contributed by atoms with Gasteiger partial charge in [0, 0.05) is 23.8 Å². The van der Waals surface area contributed by atoms with Gasteiger partial charge in [-0.3, -0.25) is 0 Å². The number of aromatic nitrogens is 2. The van der Waals surface area contributed by atoms with E-state index in [1.807, 2.05) is 6.92 Å². The summed E-state index contributed by atoms with van der Waals surface area (Å²) in [5.74, 6) is 0.399. The third-order valence-corrected chi connectivity index (χ3v) is 2.76. The molecule has 0 fully saturated rings. The van der Waals surface area contributed by atoms with Gasteiger partial charge in [-0.25, -0.2) is 9.97 Å². The molecule has 0 saturated carbocycles. The monoisotopic (exact) mass is 192 g/mol. The quantitative estimate of drug-likeness (QED) is 0.638. The lowest BCUT2D eigenvalue weighted by molar-refractivity contribution is 0.532. The third kappa shape index (κ3) is 1.70. The molecular weight excluding hydrogens is 176 g/mol. The summed E-state index contributed by atoms with van der Waals surface area (Å²) in [4.78, 5) is 8.48. The van der Waals surface area contributed by atoms with Gasteiger partial charge in [-0.1, -0.05) is 0 Å². The molecule has 0 radical (unpaired) electrons. The van der Waals surface area contributed by atoms with Gasteiger partial charge in [0.25, 0.3) is 0 Å². The number of hydrogen-bond donors (Lipinski definition) is 2. The maximum absolute atomic E-state index is 5.63. The highest BCUT2D eigenvalue weighted by Gasteiger charge is 2.16. The molecular formula is C10H16N4. The van der Waals surface area contributed by atoms with Crippen molar-refractivity contribution in [1.82, 2.24) is 15.3 Å². The average molecular weight is 192 g/mol. The van der Waals surface area contributed by atoms with Gasteiger partial charge in [-0.05, 0) is 26.7 Å². The topological polar surface area (TPSA) is 63.8 Å². The van der Waals surface area contributed by atoms with Crippen LogP contribution in [0.1, 0.15) is 30.3 Å². The minimum atomic E-state index is 0.399. The normalized spacial score (nSPS) is 21.4. The van der Waals surface area contributed by atoms with Crippen molar-refractivity contribution < 1.29 is 0 Å². The summed E-state index contributed by atoms with van der Waals surface area (Å²) in [6.45, 7) is 5.05. The molecule has 4 nitrogen and oxygen atoms in total. The van der Waals surface area contributed by atoms with Crippen LogP contribution >= 0.6 is 0 Å². The van der Waals surface area contributed by atoms with E-state index in [2.05, 4.69) is 22.2 Å². The van der Waals surface area contributed by atoms with Gasteiger partial charge in [-0.15, -0.1) is 0 Å². The van der Waals surface area contributed by atoms with E-state index in [9.17, 15) is 0 Å². The molecule has 0 aliphatic carbocycles. The van der Waals surface area contributed by atoms with Crippen LogP contribution in [0.15, 0.2) is 0 Å². The minimum absolute atomic E-state index is 0.399. The first-order valence-electron chi connectivity index (χ1n) is 5.02. The summed E-state index contributed by atoms with van der Waals surface area (Å²) in [6.07, 6.45) is 2.11. The van der Waals surface area contributed by atoms with Crippen LogP contribution < -0.4 is 11.1 Å². The van der Waals surface area contributed by atoms with E-state index in [1.165, 1.54) is 5.56 Å². The van der Waals surface area contributed by atoms with E-state index in [1.54, 1.807) is 0 Å². The molecule has 0 amide bonds. The second-order valence-electron chi connectivity index (χ2n) is 3.91. The number of nitrogen functional groups attached to an aromatic ring is 1. The SMILES string of the molecule is Cc1nc(N)nc2c1CNC(C)CC2. The van der Waals surface area contributed by atoms with Crippen LogP contribution in [-0.2, 0) is 13.0 Å². The summed E-state index contributed by atoms with van der Waals surface area (Å²) in [6, 6.07) is 0.546. The number of fused-ring (bicyclic) bond motifs is 1. The lowest BCUT2D eigenvalue weighted by Crippen LogP contribution is -2.23. The zero-order valence-electron chi connectivity index (χ0n) is 8.67. The molecule has 2 heterocycles. The van der Waals surface area contributed by atoms with E-state index in [4.69, 9.17) is 5.73 Å². The number of anilines is 1. The van der Waals surface area contributed by atoms with Gasteiger partial charge < -0.3 is 11.1 Å². The van der Waals surface area contributed by atoms with Crippen LogP contribution in [0.25, 0.3) is 0 Å². The Balaban J connectivity index is 2.40. The fraction of sp³-hybridized carbons (Fsp3) is 0.600. The standard InChI is InChI=1S/C10H16N4/c1-6-3-4-9-8(5-12-6)7(2)13-10(11)14-9/h6,12H,3-5H2,1-2H3,(H2,11,13,14). The van der Waals surface area contributed by atoms with Crippen molar-refractivity contribution in [2.24, 2.45) is 0 Å². The first-order chi connectivity index (χ1) is 6.66. The highest BCUT2D eigenvalue weighted by atomic mass is 15.0. The molecule has 14 heavy (non-hydrogen) atoms. The van der Waals surface area contributed by atoms with E-state index in [-0.39, 0.29) is 0 Å². The molecule has 0 spiro atoms. The molecule has 1 atom stereocenters. The van der Waals surface area contributed by atoms with Crippen molar-refractivity contribution in [1.29, 1.82) is 0 Å². The fourth-order valence-electron chi connectivity index (χ4n) is 1.85. The first kappa shape index (κ1) is 9.40. The van der Waals surface area contributed by atoms with Gasteiger partial charge in [0.1, 0.15) is 0 Å². The Morgan fingerprint density at radius 3 is 3.00 bits per heavy atom. The van der Waals surface area contributed by atoms with Crippen molar-refractivity contribution in [2.45, 2.75) is 39.3 Å². The Hall–Kier alpha value is -1.16. The largest absolute Gasteiger partial charge is 0.368 e. The second kappa shape index (κ2) is 3.53. The average Bonchev–Trinajstić information content (AvgIpc) is 2.28. The number of hydrogen-bond acceptors (Lipinski definition) is 4. The summed E-state index contributed by atoms with van der Waals surface area (Å²) in [7, 11) is 0. The van der Waals surface area contributed by atoms with Crippen molar-refractivity contribution in [3.8, 4) is 0 Å². The van der Waals surface area contributed by atoms with Crippen molar-refractivity contribution >= 4 is 5.95 Å². The summed E-state index contributed by atoms with van der Waals surface area (Å²) in [5, 5.41) is 3.44. The number of rotatable bonds is 0. The van der Waals surface area contributed by atoms with Crippen molar-refractivity contribution in [2.75, 3.05) is 5.73 Å². The lowest BCUT2D eigenvalue weighted by atomic mass is 10.1. The smallest absolute Gasteiger partial charge is 0.220 e. The lowest BCUT2D eigenvalue weighted by Gasteiger charge is -2.09. The molecule has 1 aliphatic heterocycles. The molecule has 1 unspecified atom stereocenters. The summed E-state index contributed by atoms with van der Waals surface area (Å²) < 4.78 is 0. The molecule has 1 aromatic heterocycles. The Kier molecular flexibility index (Phi) is 2.37. The molecule has 1 aliphatic rings. The van der Waals surface area contributed by atoms with E-state index >= 15 is 0 Å². The van der Waals surface area contributed by atoms with Gasteiger partial charge in [0.05, 0.1) is 5.69 Å². The zero-order chi connectivity index (χ0) is 10.1. The van der Waals surface area contributed by atoms with Crippen LogP contribution in [0.4, 0.5) is 5.95 Å². The second-order valence-corrected chi connectivity index (χ2v) is 3.91. The molecule has 0 bridgehead atoms. The van der Waals surface area contributed by atoms with Gasteiger partial charge >= 0.3 is 0 Å².